The van der Waals surface area contributed by atoms with Crippen LogP contribution in [0.2, 0.25) is 0 Å². The zero-order chi connectivity index (χ0) is 40.3. The van der Waals surface area contributed by atoms with E-state index in [4.69, 9.17) is 0 Å². The lowest BCUT2D eigenvalue weighted by atomic mass is 9.86. The number of rotatable bonds is 7. The van der Waals surface area contributed by atoms with Gasteiger partial charge in [-0.15, -0.1) is 11.3 Å². The van der Waals surface area contributed by atoms with Crippen molar-refractivity contribution in [1.29, 1.82) is 0 Å². The Morgan fingerprint density at radius 3 is 1.69 bits per heavy atom. The molecule has 61 heavy (non-hydrogen) atoms. The molecule has 1 aliphatic rings. The van der Waals surface area contributed by atoms with Crippen molar-refractivity contribution in [2.45, 2.75) is 6.42 Å². The monoisotopic (exact) mass is 793 g/mol. The molecule has 0 saturated heterocycles. The molecular formula is C59H39NS. The van der Waals surface area contributed by atoms with Gasteiger partial charge in [-0.1, -0.05) is 194 Å². The SMILES string of the molecule is c1ccc(-c2cc3c(c(N(c4ccccc4-c4cccc5ccccc45)c4ccccc4-c4cccc5sc6ccccc6c45)c2-c2ccccc2)Cc2ccccc2-3)cc1. The quantitative estimate of drug-likeness (QED) is 0.155. The van der Waals surface area contributed by atoms with Gasteiger partial charge in [0.05, 0.1) is 17.1 Å². The van der Waals surface area contributed by atoms with E-state index in [0.29, 0.717) is 0 Å². The van der Waals surface area contributed by atoms with Crippen molar-refractivity contribution < 1.29 is 0 Å². The highest BCUT2D eigenvalue weighted by Gasteiger charge is 2.33. The minimum Gasteiger partial charge on any atom is -0.308 e. The van der Waals surface area contributed by atoms with Crippen LogP contribution in [-0.4, -0.2) is 0 Å². The highest BCUT2D eigenvalue weighted by atomic mass is 32.1. The highest BCUT2D eigenvalue weighted by molar-refractivity contribution is 7.25. The van der Waals surface area contributed by atoms with Gasteiger partial charge in [0.25, 0.3) is 0 Å². The van der Waals surface area contributed by atoms with E-state index in [2.05, 4.69) is 229 Å². The van der Waals surface area contributed by atoms with Gasteiger partial charge < -0.3 is 4.90 Å². The molecule has 0 spiro atoms. The van der Waals surface area contributed by atoms with Crippen molar-refractivity contribution in [3.05, 3.63) is 236 Å². The molecule has 1 nitrogen and oxygen atoms in total. The van der Waals surface area contributed by atoms with Crippen LogP contribution < -0.4 is 4.90 Å². The van der Waals surface area contributed by atoms with Crippen LogP contribution in [0.5, 0.6) is 0 Å². The molecule has 0 atom stereocenters. The van der Waals surface area contributed by atoms with Crippen molar-refractivity contribution >= 4 is 59.3 Å². The number of anilines is 3. The van der Waals surface area contributed by atoms with Crippen LogP contribution in [0, 0.1) is 0 Å². The van der Waals surface area contributed by atoms with Crippen LogP contribution in [0.1, 0.15) is 11.1 Å². The van der Waals surface area contributed by atoms with Crippen molar-refractivity contribution in [3.63, 3.8) is 0 Å². The fourth-order valence-corrected chi connectivity index (χ4v) is 11.0. The Hall–Kier alpha value is -7.52. The Morgan fingerprint density at radius 2 is 0.902 bits per heavy atom. The lowest BCUT2D eigenvalue weighted by Crippen LogP contribution is -2.16. The first-order valence-electron chi connectivity index (χ1n) is 21.1. The molecule has 0 saturated carbocycles. The lowest BCUT2D eigenvalue weighted by Gasteiger charge is -2.34. The molecule has 0 aliphatic heterocycles. The van der Waals surface area contributed by atoms with Crippen molar-refractivity contribution in [2.75, 3.05) is 4.90 Å². The molecule has 11 aromatic rings. The van der Waals surface area contributed by atoms with E-state index in [-0.39, 0.29) is 0 Å². The summed E-state index contributed by atoms with van der Waals surface area (Å²) < 4.78 is 2.60. The summed E-state index contributed by atoms with van der Waals surface area (Å²) in [5, 5.41) is 5.06. The predicted octanol–water partition coefficient (Wildman–Crippen LogP) is 16.9. The van der Waals surface area contributed by atoms with Gasteiger partial charge in [-0.2, -0.15) is 0 Å². The minimum absolute atomic E-state index is 0.829. The number of benzene rings is 10. The molecule has 0 amide bonds. The van der Waals surface area contributed by atoms with Gasteiger partial charge in [0.1, 0.15) is 0 Å². The van der Waals surface area contributed by atoms with E-state index >= 15 is 0 Å². The summed E-state index contributed by atoms with van der Waals surface area (Å²) in [5.74, 6) is 0. The van der Waals surface area contributed by atoms with Gasteiger partial charge in [0, 0.05) is 43.3 Å². The van der Waals surface area contributed by atoms with Crippen molar-refractivity contribution in [1.82, 2.24) is 0 Å². The molecule has 1 aromatic heterocycles. The first kappa shape index (κ1) is 35.4. The van der Waals surface area contributed by atoms with Crippen molar-refractivity contribution in [2.24, 2.45) is 0 Å². The van der Waals surface area contributed by atoms with Gasteiger partial charge in [-0.25, -0.2) is 0 Å². The molecule has 12 rings (SSSR count). The minimum atomic E-state index is 0.829. The zero-order valence-electron chi connectivity index (χ0n) is 33.4. The summed E-state index contributed by atoms with van der Waals surface area (Å²) in [4.78, 5) is 2.64. The Balaban J connectivity index is 1.26. The Kier molecular flexibility index (Phi) is 8.50. The standard InChI is InChI=1S/C59H39NS/c1-3-19-40(20-4-1)50-38-51-44-27-10-8-24-42(44)37-52(51)59(57(50)41-22-5-2-6-23-41)60(53-33-14-11-28-46(53)45-31-17-25-39-21-7-9-26-43(39)45)54-34-15-12-29-47(54)48-32-18-36-56-58(48)49-30-13-16-35-55(49)61-56/h1-36,38H,37H2. The van der Waals surface area contributed by atoms with E-state index in [1.54, 1.807) is 0 Å². The van der Waals surface area contributed by atoms with Gasteiger partial charge >= 0.3 is 0 Å². The summed E-state index contributed by atoms with van der Waals surface area (Å²) in [6, 6.07) is 82.9. The van der Waals surface area contributed by atoms with Gasteiger partial charge in [0.2, 0.25) is 0 Å². The third-order valence-electron chi connectivity index (χ3n) is 12.5. The third-order valence-corrected chi connectivity index (χ3v) is 13.6. The molecule has 0 fully saturated rings. The second kappa shape index (κ2) is 14.6. The molecule has 0 radical (unpaired) electrons. The lowest BCUT2D eigenvalue weighted by molar-refractivity contribution is 1.20. The molecule has 0 bridgehead atoms. The number of hydrogen-bond acceptors (Lipinski definition) is 2. The maximum atomic E-state index is 2.64. The first-order chi connectivity index (χ1) is 30.3. The first-order valence-corrected chi connectivity index (χ1v) is 21.9. The van der Waals surface area contributed by atoms with E-state index in [1.807, 2.05) is 11.3 Å². The number of thiophene rings is 1. The number of para-hydroxylation sites is 2. The maximum absolute atomic E-state index is 2.64. The van der Waals surface area contributed by atoms with Crippen LogP contribution in [0.25, 0.3) is 86.6 Å². The van der Waals surface area contributed by atoms with Crippen LogP contribution >= 0.6 is 11.3 Å². The van der Waals surface area contributed by atoms with Crippen LogP contribution in [0.3, 0.4) is 0 Å². The highest BCUT2D eigenvalue weighted by Crippen LogP contribution is 2.56. The number of fused-ring (bicyclic) bond motifs is 7. The summed E-state index contributed by atoms with van der Waals surface area (Å²) in [6.45, 7) is 0. The average molecular weight is 794 g/mol. The summed E-state index contributed by atoms with van der Waals surface area (Å²) in [5.41, 5.74) is 18.4. The molecule has 1 heterocycles. The smallest absolute Gasteiger partial charge is 0.0588 e. The van der Waals surface area contributed by atoms with E-state index in [0.717, 1.165) is 17.8 Å². The normalized spacial score (nSPS) is 11.9. The van der Waals surface area contributed by atoms with Crippen LogP contribution in [0.4, 0.5) is 17.1 Å². The second-order valence-electron chi connectivity index (χ2n) is 15.9. The average Bonchev–Trinajstić information content (AvgIpc) is 3.91. The predicted molar refractivity (Wildman–Crippen MR) is 262 cm³/mol. The maximum Gasteiger partial charge on any atom is 0.0588 e. The van der Waals surface area contributed by atoms with Gasteiger partial charge in [-0.05, 0) is 91.2 Å². The van der Waals surface area contributed by atoms with Crippen LogP contribution in [-0.2, 0) is 6.42 Å². The summed E-state index contributed by atoms with van der Waals surface area (Å²) in [7, 11) is 0. The van der Waals surface area contributed by atoms with Gasteiger partial charge in [0.15, 0.2) is 0 Å². The molecule has 2 heteroatoms. The van der Waals surface area contributed by atoms with E-state index in [1.165, 1.54) is 103 Å². The summed E-state index contributed by atoms with van der Waals surface area (Å²) in [6.07, 6.45) is 0.829. The summed E-state index contributed by atoms with van der Waals surface area (Å²) >= 11 is 1.87. The molecule has 286 valence electrons. The zero-order valence-corrected chi connectivity index (χ0v) is 34.2. The Bertz CT molecular complexity index is 3450. The van der Waals surface area contributed by atoms with Crippen molar-refractivity contribution in [3.8, 4) is 55.6 Å². The molecule has 0 N–H and O–H groups in total. The number of nitrogens with zero attached hydrogens (tertiary/aromatic N) is 1. The molecule has 10 aromatic carbocycles. The Labute approximate surface area is 360 Å². The molecule has 1 aliphatic carbocycles. The van der Waals surface area contributed by atoms with Crippen LogP contribution in [0.15, 0.2) is 224 Å². The second-order valence-corrected chi connectivity index (χ2v) is 17.0. The Morgan fingerprint density at radius 1 is 0.361 bits per heavy atom. The topological polar surface area (TPSA) is 3.24 Å². The largest absolute Gasteiger partial charge is 0.308 e. The van der Waals surface area contributed by atoms with Gasteiger partial charge in [-0.3, -0.25) is 0 Å². The number of hydrogen-bond donors (Lipinski definition) is 0. The fourth-order valence-electron chi connectivity index (χ4n) is 9.87. The van der Waals surface area contributed by atoms with E-state index in [9.17, 15) is 0 Å². The fraction of sp³-hybridized carbons (Fsp3) is 0.0169. The molecule has 0 unspecified atom stereocenters. The molecular weight excluding hydrogens is 755 g/mol. The van der Waals surface area contributed by atoms with E-state index < -0.39 is 0 Å². The third kappa shape index (κ3) is 5.83.